The summed E-state index contributed by atoms with van der Waals surface area (Å²) < 4.78 is 40.5. The minimum Gasteiger partial charge on any atom is -0.346 e. The monoisotopic (exact) mass is 425 g/mol. The van der Waals surface area contributed by atoms with Gasteiger partial charge in [-0.25, -0.2) is 12.8 Å². The SMILES string of the molecule is O=C(NCc1ccccc1F)C(=O)NC[C@@H]1CCCN1S(=O)(=O)c1cccs1. The molecule has 0 bridgehead atoms. The number of rotatable bonds is 6. The molecule has 0 radical (unpaired) electrons. The molecule has 1 saturated heterocycles. The molecule has 1 aliphatic heterocycles. The molecule has 1 atom stereocenters. The van der Waals surface area contributed by atoms with Crippen LogP contribution in [0.3, 0.4) is 0 Å². The summed E-state index contributed by atoms with van der Waals surface area (Å²) in [5.74, 6) is -2.24. The number of carbonyl (C=O) groups is 2. The maximum atomic E-state index is 13.6. The third kappa shape index (κ3) is 4.57. The Morgan fingerprint density at radius 1 is 1.14 bits per heavy atom. The lowest BCUT2D eigenvalue weighted by Crippen LogP contribution is -2.46. The van der Waals surface area contributed by atoms with Crippen molar-refractivity contribution < 1.29 is 22.4 Å². The fourth-order valence-corrected chi connectivity index (χ4v) is 5.86. The van der Waals surface area contributed by atoms with Crippen LogP contribution in [0.2, 0.25) is 0 Å². The highest BCUT2D eigenvalue weighted by atomic mass is 32.2. The lowest BCUT2D eigenvalue weighted by molar-refractivity contribution is -0.139. The van der Waals surface area contributed by atoms with Crippen LogP contribution in [0.5, 0.6) is 0 Å². The fraction of sp³-hybridized carbons (Fsp3) is 0.333. The highest BCUT2D eigenvalue weighted by Gasteiger charge is 2.36. The summed E-state index contributed by atoms with van der Waals surface area (Å²) >= 11 is 1.14. The molecule has 0 aliphatic carbocycles. The van der Waals surface area contributed by atoms with E-state index in [0.717, 1.165) is 11.3 Å². The van der Waals surface area contributed by atoms with Gasteiger partial charge in [-0.15, -0.1) is 11.3 Å². The van der Waals surface area contributed by atoms with Crippen LogP contribution in [0.4, 0.5) is 4.39 Å². The van der Waals surface area contributed by atoms with Crippen LogP contribution in [-0.2, 0) is 26.2 Å². The molecule has 2 aromatic rings. The third-order valence-electron chi connectivity index (χ3n) is 4.48. The number of hydrogen-bond donors (Lipinski definition) is 2. The Labute approximate surface area is 166 Å². The number of carbonyl (C=O) groups excluding carboxylic acids is 2. The molecule has 2 amide bonds. The Balaban J connectivity index is 1.53. The van der Waals surface area contributed by atoms with E-state index in [4.69, 9.17) is 0 Å². The number of thiophene rings is 1. The lowest BCUT2D eigenvalue weighted by Gasteiger charge is -2.23. The van der Waals surface area contributed by atoms with E-state index in [-0.39, 0.29) is 22.9 Å². The van der Waals surface area contributed by atoms with Crippen molar-refractivity contribution in [2.24, 2.45) is 0 Å². The van der Waals surface area contributed by atoms with Gasteiger partial charge in [-0.2, -0.15) is 4.31 Å². The molecular weight excluding hydrogens is 405 g/mol. The average molecular weight is 426 g/mol. The number of hydrogen-bond acceptors (Lipinski definition) is 5. The van der Waals surface area contributed by atoms with Gasteiger partial charge in [0.05, 0.1) is 0 Å². The Morgan fingerprint density at radius 3 is 2.61 bits per heavy atom. The molecule has 1 aromatic carbocycles. The predicted octanol–water partition coefficient (Wildman–Crippen LogP) is 1.47. The summed E-state index contributed by atoms with van der Waals surface area (Å²) in [7, 11) is -3.61. The molecular formula is C18H20FN3O4S2. The highest BCUT2D eigenvalue weighted by molar-refractivity contribution is 7.91. The number of amides is 2. The van der Waals surface area contributed by atoms with E-state index < -0.39 is 33.7 Å². The summed E-state index contributed by atoms with van der Waals surface area (Å²) in [6, 6.07) is 8.76. The molecule has 10 heteroatoms. The van der Waals surface area contributed by atoms with Gasteiger partial charge in [0.15, 0.2) is 0 Å². The number of benzene rings is 1. The molecule has 7 nitrogen and oxygen atoms in total. The van der Waals surface area contributed by atoms with Crippen LogP contribution in [-0.4, -0.2) is 43.7 Å². The minimum atomic E-state index is -3.61. The zero-order valence-corrected chi connectivity index (χ0v) is 16.6. The van der Waals surface area contributed by atoms with Crippen molar-refractivity contribution in [2.75, 3.05) is 13.1 Å². The van der Waals surface area contributed by atoms with Gasteiger partial charge in [0, 0.05) is 31.2 Å². The molecule has 1 aliphatic rings. The topological polar surface area (TPSA) is 95.6 Å². The van der Waals surface area contributed by atoms with Gasteiger partial charge in [-0.05, 0) is 30.4 Å². The van der Waals surface area contributed by atoms with Gasteiger partial charge in [-0.1, -0.05) is 24.3 Å². The fourth-order valence-electron chi connectivity index (χ4n) is 3.04. The van der Waals surface area contributed by atoms with Crippen molar-refractivity contribution in [2.45, 2.75) is 29.6 Å². The Hall–Kier alpha value is -2.30. The van der Waals surface area contributed by atoms with E-state index in [0.29, 0.717) is 19.4 Å². The normalized spacial score (nSPS) is 17.4. The van der Waals surface area contributed by atoms with Crippen molar-refractivity contribution in [3.05, 3.63) is 53.2 Å². The first-order valence-corrected chi connectivity index (χ1v) is 11.1. The van der Waals surface area contributed by atoms with Gasteiger partial charge in [-0.3, -0.25) is 9.59 Å². The van der Waals surface area contributed by atoms with Crippen molar-refractivity contribution >= 4 is 33.2 Å². The molecule has 0 unspecified atom stereocenters. The Bertz CT molecular complexity index is 948. The van der Waals surface area contributed by atoms with Gasteiger partial charge in [0.25, 0.3) is 10.0 Å². The second-order valence-electron chi connectivity index (χ2n) is 6.33. The quantitative estimate of drug-likeness (QED) is 0.685. The number of sulfonamides is 1. The van der Waals surface area contributed by atoms with Gasteiger partial charge in [0.1, 0.15) is 10.0 Å². The van der Waals surface area contributed by atoms with E-state index in [1.165, 1.54) is 22.5 Å². The van der Waals surface area contributed by atoms with Crippen molar-refractivity contribution in [1.82, 2.24) is 14.9 Å². The summed E-state index contributed by atoms with van der Waals surface area (Å²) in [6.45, 7) is 0.304. The van der Waals surface area contributed by atoms with Crippen LogP contribution in [0.25, 0.3) is 0 Å². The standard InChI is InChI=1S/C18H20FN3O4S2/c19-15-7-2-1-5-13(15)11-20-17(23)18(24)21-12-14-6-3-9-22(14)28(25,26)16-8-4-10-27-16/h1-2,4-5,7-8,10,14H,3,6,9,11-12H2,(H,20,23)(H,21,24)/t14-/m0/s1. The zero-order valence-electron chi connectivity index (χ0n) is 14.9. The summed E-state index contributed by atoms with van der Waals surface area (Å²) in [6.07, 6.45) is 1.28. The largest absolute Gasteiger partial charge is 0.346 e. The summed E-state index contributed by atoms with van der Waals surface area (Å²) in [5.41, 5.74) is 0.271. The molecule has 2 heterocycles. The van der Waals surface area contributed by atoms with Crippen LogP contribution in [0, 0.1) is 5.82 Å². The smallest absolute Gasteiger partial charge is 0.309 e. The van der Waals surface area contributed by atoms with Crippen LogP contribution in [0.1, 0.15) is 18.4 Å². The minimum absolute atomic E-state index is 0.0383. The first kappa shape index (κ1) is 20.4. The molecule has 150 valence electrons. The molecule has 3 rings (SSSR count). The van der Waals surface area contributed by atoms with Gasteiger partial charge in [0.2, 0.25) is 0 Å². The van der Waals surface area contributed by atoms with Crippen molar-refractivity contribution in [3.63, 3.8) is 0 Å². The Morgan fingerprint density at radius 2 is 1.89 bits per heavy atom. The van der Waals surface area contributed by atoms with E-state index in [2.05, 4.69) is 10.6 Å². The maximum absolute atomic E-state index is 13.6. The van der Waals surface area contributed by atoms with Crippen molar-refractivity contribution in [3.8, 4) is 0 Å². The van der Waals surface area contributed by atoms with Crippen LogP contribution >= 0.6 is 11.3 Å². The molecule has 1 aromatic heterocycles. The second kappa shape index (κ2) is 8.80. The van der Waals surface area contributed by atoms with Crippen LogP contribution < -0.4 is 10.6 Å². The maximum Gasteiger partial charge on any atom is 0.309 e. The lowest BCUT2D eigenvalue weighted by atomic mass is 10.2. The van der Waals surface area contributed by atoms with E-state index >= 15 is 0 Å². The average Bonchev–Trinajstić information content (AvgIpc) is 3.37. The molecule has 0 spiro atoms. The van der Waals surface area contributed by atoms with E-state index in [9.17, 15) is 22.4 Å². The first-order chi connectivity index (χ1) is 13.4. The van der Waals surface area contributed by atoms with Gasteiger partial charge >= 0.3 is 11.8 Å². The number of nitrogens with zero attached hydrogens (tertiary/aromatic N) is 1. The van der Waals surface area contributed by atoms with E-state index in [1.54, 1.807) is 23.6 Å². The molecule has 1 fully saturated rings. The predicted molar refractivity (Wildman–Crippen MR) is 102 cm³/mol. The Kier molecular flexibility index (Phi) is 6.42. The van der Waals surface area contributed by atoms with Gasteiger partial charge < -0.3 is 10.6 Å². The number of nitrogens with one attached hydrogen (secondary N) is 2. The summed E-state index contributed by atoms with van der Waals surface area (Å²) in [4.78, 5) is 23.9. The highest BCUT2D eigenvalue weighted by Crippen LogP contribution is 2.28. The first-order valence-electron chi connectivity index (χ1n) is 8.74. The molecule has 28 heavy (non-hydrogen) atoms. The second-order valence-corrected chi connectivity index (χ2v) is 9.39. The zero-order chi connectivity index (χ0) is 20.1. The number of halogens is 1. The van der Waals surface area contributed by atoms with Crippen LogP contribution in [0.15, 0.2) is 46.0 Å². The van der Waals surface area contributed by atoms with E-state index in [1.807, 2.05) is 0 Å². The summed E-state index contributed by atoms with van der Waals surface area (Å²) in [5, 5.41) is 6.53. The third-order valence-corrected chi connectivity index (χ3v) is 7.81. The molecule has 2 N–H and O–H groups in total. The van der Waals surface area contributed by atoms with Crippen molar-refractivity contribution in [1.29, 1.82) is 0 Å². The molecule has 0 saturated carbocycles.